The molecule has 0 bridgehead atoms. The third-order valence-corrected chi connectivity index (χ3v) is 1.97. The highest BCUT2D eigenvalue weighted by molar-refractivity contribution is 9.10. The van der Waals surface area contributed by atoms with Crippen LogP contribution in [0, 0.1) is 23.0 Å². The molecule has 1 N–H and O–H groups in total. The maximum Gasteiger partial charge on any atom is 0.238 e. The van der Waals surface area contributed by atoms with Gasteiger partial charge in [-0.05, 0) is 12.1 Å². The van der Waals surface area contributed by atoms with Crippen molar-refractivity contribution in [2.75, 3.05) is 5.32 Å². The Kier molecular flexibility index (Phi) is 3.74. The lowest BCUT2D eigenvalue weighted by molar-refractivity contribution is -0.115. The summed E-state index contributed by atoms with van der Waals surface area (Å²) in [7, 11) is 0. The Balaban J connectivity index is 2.96. The van der Waals surface area contributed by atoms with E-state index in [1.54, 1.807) is 6.07 Å². The highest BCUT2D eigenvalue weighted by Gasteiger charge is 2.12. The Morgan fingerprint density at radius 3 is 2.47 bits per heavy atom. The number of carbonyl (C=O) groups excluding carboxylic acids is 1. The highest BCUT2D eigenvalue weighted by Crippen LogP contribution is 2.23. The summed E-state index contributed by atoms with van der Waals surface area (Å²) >= 11 is 2.90. The molecular weight excluding hydrogens is 270 g/mol. The molecule has 15 heavy (non-hydrogen) atoms. The van der Waals surface area contributed by atoms with Gasteiger partial charge in [0.15, 0.2) is 11.6 Å². The van der Waals surface area contributed by atoms with Crippen molar-refractivity contribution in [3.05, 3.63) is 28.2 Å². The summed E-state index contributed by atoms with van der Waals surface area (Å²) in [6.45, 7) is 0. The van der Waals surface area contributed by atoms with Crippen LogP contribution in [0.1, 0.15) is 6.42 Å². The Labute approximate surface area is 92.8 Å². The lowest BCUT2D eigenvalue weighted by Crippen LogP contribution is -2.12. The Morgan fingerprint density at radius 1 is 1.47 bits per heavy atom. The lowest BCUT2D eigenvalue weighted by Gasteiger charge is -2.06. The minimum absolute atomic E-state index is 0.232. The molecule has 0 atom stereocenters. The average molecular weight is 275 g/mol. The molecule has 1 aromatic carbocycles. The van der Waals surface area contributed by atoms with Crippen molar-refractivity contribution in [2.45, 2.75) is 6.42 Å². The van der Waals surface area contributed by atoms with Crippen molar-refractivity contribution >= 4 is 27.5 Å². The van der Waals surface area contributed by atoms with Gasteiger partial charge in [-0.15, -0.1) is 0 Å². The van der Waals surface area contributed by atoms with Crippen molar-refractivity contribution in [1.29, 1.82) is 5.26 Å². The number of halogens is 3. The number of hydrogen-bond donors (Lipinski definition) is 1. The lowest BCUT2D eigenvalue weighted by atomic mass is 10.3. The van der Waals surface area contributed by atoms with E-state index < -0.39 is 29.6 Å². The summed E-state index contributed by atoms with van der Waals surface area (Å²) in [6.07, 6.45) is -0.449. The first-order valence-electron chi connectivity index (χ1n) is 3.86. The van der Waals surface area contributed by atoms with Crippen LogP contribution in [0.15, 0.2) is 16.6 Å². The van der Waals surface area contributed by atoms with Gasteiger partial charge in [-0.2, -0.15) is 5.26 Å². The molecule has 0 unspecified atom stereocenters. The molecule has 78 valence electrons. The standard InChI is InChI=1S/C9H5BrF2N2O/c10-5-3-6(11)9(7(12)4-5)14-8(15)1-2-13/h3-4H,1H2,(H,14,15). The summed E-state index contributed by atoms with van der Waals surface area (Å²) in [5.74, 6) is -2.54. The first-order chi connectivity index (χ1) is 7.04. The van der Waals surface area contributed by atoms with Crippen LogP contribution in [0.2, 0.25) is 0 Å². The van der Waals surface area contributed by atoms with E-state index in [1.807, 2.05) is 5.32 Å². The van der Waals surface area contributed by atoms with Gasteiger partial charge in [0, 0.05) is 4.47 Å². The monoisotopic (exact) mass is 274 g/mol. The third-order valence-electron chi connectivity index (χ3n) is 1.51. The van der Waals surface area contributed by atoms with Crippen LogP contribution in [0.25, 0.3) is 0 Å². The summed E-state index contributed by atoms with van der Waals surface area (Å²) in [4.78, 5) is 10.9. The van der Waals surface area contributed by atoms with Crippen LogP contribution in [-0.2, 0) is 4.79 Å². The second kappa shape index (κ2) is 4.84. The second-order valence-electron chi connectivity index (χ2n) is 2.63. The Hall–Kier alpha value is -1.48. The maximum atomic E-state index is 13.1. The fourth-order valence-electron chi connectivity index (χ4n) is 0.917. The van der Waals surface area contributed by atoms with Crippen LogP contribution >= 0.6 is 15.9 Å². The van der Waals surface area contributed by atoms with Gasteiger partial charge in [-0.1, -0.05) is 15.9 Å². The normalized spacial score (nSPS) is 9.47. The average Bonchev–Trinajstić information content (AvgIpc) is 2.11. The predicted octanol–water partition coefficient (Wildman–Crippen LogP) is 2.58. The smallest absolute Gasteiger partial charge is 0.238 e. The zero-order chi connectivity index (χ0) is 11.4. The third kappa shape index (κ3) is 2.99. The van der Waals surface area contributed by atoms with Gasteiger partial charge >= 0.3 is 0 Å². The van der Waals surface area contributed by atoms with Crippen molar-refractivity contribution in [2.24, 2.45) is 0 Å². The van der Waals surface area contributed by atoms with Crippen molar-refractivity contribution < 1.29 is 13.6 Å². The Morgan fingerprint density at radius 2 is 2.00 bits per heavy atom. The van der Waals surface area contributed by atoms with E-state index in [1.165, 1.54) is 0 Å². The van der Waals surface area contributed by atoms with Crippen LogP contribution in [0.4, 0.5) is 14.5 Å². The number of amides is 1. The van der Waals surface area contributed by atoms with E-state index in [0.717, 1.165) is 12.1 Å². The molecule has 0 spiro atoms. The second-order valence-corrected chi connectivity index (χ2v) is 3.54. The molecule has 0 saturated carbocycles. The molecule has 0 aromatic heterocycles. The molecule has 0 aliphatic rings. The number of anilines is 1. The molecule has 1 aromatic rings. The van der Waals surface area contributed by atoms with E-state index in [9.17, 15) is 13.6 Å². The number of benzene rings is 1. The quantitative estimate of drug-likeness (QED) is 0.901. The van der Waals surface area contributed by atoms with Crippen LogP contribution in [0.5, 0.6) is 0 Å². The molecule has 0 saturated heterocycles. The van der Waals surface area contributed by atoms with Gasteiger partial charge in [0.05, 0.1) is 6.07 Å². The minimum Gasteiger partial charge on any atom is -0.320 e. The molecule has 1 rings (SSSR count). The Bertz CT molecular complexity index is 419. The zero-order valence-corrected chi connectivity index (χ0v) is 8.94. The zero-order valence-electron chi connectivity index (χ0n) is 7.35. The molecule has 3 nitrogen and oxygen atoms in total. The number of nitrogens with one attached hydrogen (secondary N) is 1. The van der Waals surface area contributed by atoms with Crippen LogP contribution in [-0.4, -0.2) is 5.91 Å². The number of nitriles is 1. The summed E-state index contributed by atoms with van der Waals surface area (Å²) in [5.41, 5.74) is -0.543. The van der Waals surface area contributed by atoms with Crippen LogP contribution in [0.3, 0.4) is 0 Å². The van der Waals surface area contributed by atoms with E-state index in [-0.39, 0.29) is 4.47 Å². The molecule has 0 fully saturated rings. The van der Waals surface area contributed by atoms with Gasteiger partial charge in [0.25, 0.3) is 0 Å². The molecule has 0 aliphatic carbocycles. The SMILES string of the molecule is N#CCC(=O)Nc1c(F)cc(Br)cc1F. The number of carbonyl (C=O) groups is 1. The van der Waals surface area contributed by atoms with Crippen molar-refractivity contribution in [3.63, 3.8) is 0 Å². The first kappa shape index (κ1) is 11.6. The summed E-state index contributed by atoms with van der Waals surface area (Å²) < 4.78 is 26.5. The summed E-state index contributed by atoms with van der Waals surface area (Å²) in [5, 5.41) is 10.2. The minimum atomic E-state index is -0.895. The number of hydrogen-bond acceptors (Lipinski definition) is 2. The largest absolute Gasteiger partial charge is 0.320 e. The van der Waals surface area contributed by atoms with Crippen molar-refractivity contribution in [3.8, 4) is 6.07 Å². The first-order valence-corrected chi connectivity index (χ1v) is 4.65. The molecule has 1 amide bonds. The molecule has 0 radical (unpaired) electrons. The van der Waals surface area contributed by atoms with Gasteiger partial charge in [-0.3, -0.25) is 4.79 Å². The van der Waals surface area contributed by atoms with Crippen LogP contribution < -0.4 is 5.32 Å². The van der Waals surface area contributed by atoms with E-state index in [2.05, 4.69) is 15.9 Å². The molecule has 6 heteroatoms. The van der Waals surface area contributed by atoms with E-state index in [4.69, 9.17) is 5.26 Å². The predicted molar refractivity (Wildman–Crippen MR) is 52.9 cm³/mol. The molecule has 0 aliphatic heterocycles. The number of rotatable bonds is 2. The molecular formula is C9H5BrF2N2O. The maximum absolute atomic E-state index is 13.1. The van der Waals surface area contributed by atoms with E-state index >= 15 is 0 Å². The van der Waals surface area contributed by atoms with Gasteiger partial charge < -0.3 is 5.32 Å². The van der Waals surface area contributed by atoms with Crippen molar-refractivity contribution in [1.82, 2.24) is 0 Å². The van der Waals surface area contributed by atoms with Gasteiger partial charge in [0.1, 0.15) is 12.1 Å². The fraction of sp³-hybridized carbons (Fsp3) is 0.111. The van der Waals surface area contributed by atoms with E-state index in [0.29, 0.717) is 0 Å². The number of nitrogens with zero attached hydrogens (tertiary/aromatic N) is 1. The van der Waals surface area contributed by atoms with Gasteiger partial charge in [-0.25, -0.2) is 8.78 Å². The molecule has 0 heterocycles. The summed E-state index contributed by atoms with van der Waals surface area (Å²) in [6, 6.07) is 3.61. The van der Waals surface area contributed by atoms with Gasteiger partial charge in [0.2, 0.25) is 5.91 Å². The topological polar surface area (TPSA) is 52.9 Å². The fourth-order valence-corrected chi connectivity index (χ4v) is 1.32. The highest BCUT2D eigenvalue weighted by atomic mass is 79.9.